The molecular formula is C7H4BrF5N2. The van der Waals surface area contributed by atoms with Gasteiger partial charge < -0.3 is 5.73 Å². The predicted octanol–water partition coefficient (Wildman–Crippen LogP) is 3.38. The second kappa shape index (κ2) is 3.92. The maximum Gasteiger partial charge on any atom is 0.434 e. The number of rotatable bonds is 1. The van der Waals surface area contributed by atoms with Gasteiger partial charge in [0.05, 0.1) is 15.7 Å². The van der Waals surface area contributed by atoms with Crippen LogP contribution in [0.25, 0.3) is 0 Å². The van der Waals surface area contributed by atoms with Crippen LogP contribution in [0.1, 0.15) is 17.7 Å². The number of pyridine rings is 1. The molecule has 2 N–H and O–H groups in total. The average molecular weight is 291 g/mol. The SMILES string of the molecule is Nc1c(C(F)F)cnc(C(F)(F)F)c1Br. The Morgan fingerprint density at radius 2 is 1.87 bits per heavy atom. The van der Waals surface area contributed by atoms with E-state index in [2.05, 4.69) is 20.9 Å². The van der Waals surface area contributed by atoms with Gasteiger partial charge in [-0.2, -0.15) is 13.2 Å². The van der Waals surface area contributed by atoms with Gasteiger partial charge >= 0.3 is 6.18 Å². The summed E-state index contributed by atoms with van der Waals surface area (Å²) in [5.41, 5.74) is 2.43. The number of hydrogen-bond acceptors (Lipinski definition) is 2. The van der Waals surface area contributed by atoms with E-state index in [0.29, 0.717) is 6.20 Å². The third-order valence-electron chi connectivity index (χ3n) is 1.59. The van der Waals surface area contributed by atoms with Gasteiger partial charge in [-0.05, 0) is 15.9 Å². The number of nitrogen functional groups attached to an aromatic ring is 1. The number of nitrogens with zero attached hydrogens (tertiary/aromatic N) is 1. The lowest BCUT2D eigenvalue weighted by Crippen LogP contribution is -2.12. The van der Waals surface area contributed by atoms with E-state index in [9.17, 15) is 22.0 Å². The summed E-state index contributed by atoms with van der Waals surface area (Å²) in [6.07, 6.45) is -7.27. The van der Waals surface area contributed by atoms with E-state index in [1.807, 2.05) is 0 Å². The molecule has 2 nitrogen and oxygen atoms in total. The van der Waals surface area contributed by atoms with Crippen molar-refractivity contribution < 1.29 is 22.0 Å². The summed E-state index contributed by atoms with van der Waals surface area (Å²) >= 11 is 2.49. The highest BCUT2D eigenvalue weighted by molar-refractivity contribution is 9.10. The first-order chi connectivity index (χ1) is 6.75. The molecular weight excluding hydrogens is 287 g/mol. The Hall–Kier alpha value is -0.920. The number of halogens is 6. The fourth-order valence-electron chi connectivity index (χ4n) is 0.886. The van der Waals surface area contributed by atoms with E-state index < -0.39 is 34.0 Å². The summed E-state index contributed by atoms with van der Waals surface area (Å²) in [5.74, 6) is 0. The second-order valence-corrected chi connectivity index (χ2v) is 3.38. The number of aromatic nitrogens is 1. The molecule has 0 spiro atoms. The fraction of sp³-hybridized carbons (Fsp3) is 0.286. The Kier molecular flexibility index (Phi) is 3.17. The van der Waals surface area contributed by atoms with E-state index in [1.165, 1.54) is 0 Å². The van der Waals surface area contributed by atoms with Gasteiger partial charge in [0.25, 0.3) is 6.43 Å². The molecule has 0 saturated carbocycles. The topological polar surface area (TPSA) is 38.9 Å². The van der Waals surface area contributed by atoms with E-state index in [0.717, 1.165) is 0 Å². The van der Waals surface area contributed by atoms with Crippen LogP contribution in [0.2, 0.25) is 0 Å². The molecule has 0 radical (unpaired) electrons. The normalized spacial score (nSPS) is 12.2. The fourth-order valence-corrected chi connectivity index (χ4v) is 1.44. The van der Waals surface area contributed by atoms with Crippen molar-refractivity contribution in [3.8, 4) is 0 Å². The maximum absolute atomic E-state index is 12.2. The summed E-state index contributed by atoms with van der Waals surface area (Å²) in [6, 6.07) is 0. The zero-order chi connectivity index (χ0) is 11.8. The van der Waals surface area contributed by atoms with Crippen molar-refractivity contribution in [1.29, 1.82) is 0 Å². The van der Waals surface area contributed by atoms with Crippen molar-refractivity contribution in [2.24, 2.45) is 0 Å². The van der Waals surface area contributed by atoms with Gasteiger partial charge in [-0.1, -0.05) is 0 Å². The van der Waals surface area contributed by atoms with Crippen LogP contribution in [-0.4, -0.2) is 4.98 Å². The van der Waals surface area contributed by atoms with Crippen molar-refractivity contribution in [3.63, 3.8) is 0 Å². The Balaban J connectivity index is 3.34. The largest absolute Gasteiger partial charge is 0.434 e. The molecule has 0 aromatic carbocycles. The lowest BCUT2D eigenvalue weighted by Gasteiger charge is -2.12. The van der Waals surface area contributed by atoms with Crippen LogP contribution in [-0.2, 0) is 6.18 Å². The molecule has 1 aromatic heterocycles. The highest BCUT2D eigenvalue weighted by Gasteiger charge is 2.36. The molecule has 0 fully saturated rings. The highest BCUT2D eigenvalue weighted by Crippen LogP contribution is 2.39. The number of alkyl halides is 5. The van der Waals surface area contributed by atoms with Crippen LogP contribution in [0.5, 0.6) is 0 Å². The standard InChI is InChI=1S/C7H4BrF5N2/c8-3-4(14)2(6(9)10)1-15-5(3)7(11,12)13/h1,6H,(H2,14,15). The third kappa shape index (κ3) is 2.36. The molecule has 0 unspecified atom stereocenters. The molecule has 0 aliphatic heterocycles. The Bertz CT molecular complexity index is 376. The molecule has 1 rings (SSSR count). The van der Waals surface area contributed by atoms with Crippen LogP contribution in [0.4, 0.5) is 27.6 Å². The van der Waals surface area contributed by atoms with E-state index in [4.69, 9.17) is 5.73 Å². The zero-order valence-electron chi connectivity index (χ0n) is 6.95. The smallest absolute Gasteiger partial charge is 0.397 e. The minimum Gasteiger partial charge on any atom is -0.397 e. The molecule has 1 heterocycles. The van der Waals surface area contributed by atoms with E-state index in [-0.39, 0.29) is 0 Å². The van der Waals surface area contributed by atoms with Crippen molar-refractivity contribution >= 4 is 21.6 Å². The average Bonchev–Trinajstić information content (AvgIpc) is 2.06. The van der Waals surface area contributed by atoms with Crippen LogP contribution in [0.15, 0.2) is 10.7 Å². The first-order valence-corrected chi connectivity index (χ1v) is 4.33. The first kappa shape index (κ1) is 12.2. The quantitative estimate of drug-likeness (QED) is 0.805. The number of hydrogen-bond donors (Lipinski definition) is 1. The summed E-state index contributed by atoms with van der Waals surface area (Å²) in [6.45, 7) is 0. The predicted molar refractivity (Wildman–Crippen MR) is 46.3 cm³/mol. The highest BCUT2D eigenvalue weighted by atomic mass is 79.9. The number of anilines is 1. The van der Waals surface area contributed by atoms with Crippen LogP contribution >= 0.6 is 15.9 Å². The monoisotopic (exact) mass is 290 g/mol. The molecule has 1 aromatic rings. The second-order valence-electron chi connectivity index (χ2n) is 2.59. The molecule has 0 saturated heterocycles. The van der Waals surface area contributed by atoms with Gasteiger partial charge in [0.2, 0.25) is 0 Å². The molecule has 84 valence electrons. The van der Waals surface area contributed by atoms with Gasteiger partial charge in [0.1, 0.15) is 0 Å². The van der Waals surface area contributed by atoms with Gasteiger partial charge in [0, 0.05) is 6.20 Å². The van der Waals surface area contributed by atoms with Crippen LogP contribution in [0, 0.1) is 0 Å². The van der Waals surface area contributed by atoms with Crippen molar-refractivity contribution in [2.45, 2.75) is 12.6 Å². The molecule has 0 aliphatic carbocycles. The van der Waals surface area contributed by atoms with Crippen LogP contribution in [0.3, 0.4) is 0 Å². The maximum atomic E-state index is 12.2. The number of nitrogens with two attached hydrogens (primary N) is 1. The van der Waals surface area contributed by atoms with E-state index >= 15 is 0 Å². The minimum atomic E-state index is -4.73. The minimum absolute atomic E-state index is 0.424. The van der Waals surface area contributed by atoms with Crippen LogP contribution < -0.4 is 5.73 Å². The molecule has 0 bridgehead atoms. The summed E-state index contributed by atoms with van der Waals surface area (Å²) in [7, 11) is 0. The third-order valence-corrected chi connectivity index (χ3v) is 2.39. The molecule has 0 atom stereocenters. The Morgan fingerprint density at radius 3 is 2.27 bits per heavy atom. The van der Waals surface area contributed by atoms with Gasteiger partial charge in [0.15, 0.2) is 5.69 Å². The lowest BCUT2D eigenvalue weighted by molar-refractivity contribution is -0.141. The Labute approximate surface area is 89.4 Å². The molecule has 0 aliphatic rings. The first-order valence-electron chi connectivity index (χ1n) is 3.54. The zero-order valence-corrected chi connectivity index (χ0v) is 8.53. The molecule has 8 heteroatoms. The Morgan fingerprint density at radius 1 is 1.33 bits per heavy atom. The van der Waals surface area contributed by atoms with Crippen molar-refractivity contribution in [2.75, 3.05) is 5.73 Å². The van der Waals surface area contributed by atoms with Crippen molar-refractivity contribution in [3.05, 3.63) is 21.9 Å². The summed E-state index contributed by atoms with van der Waals surface area (Å²) in [4.78, 5) is 2.90. The van der Waals surface area contributed by atoms with Gasteiger partial charge in [-0.25, -0.2) is 8.78 Å². The van der Waals surface area contributed by atoms with Gasteiger partial charge in [-0.15, -0.1) is 0 Å². The summed E-state index contributed by atoms with van der Waals surface area (Å²) in [5, 5.41) is 0. The summed E-state index contributed by atoms with van der Waals surface area (Å²) < 4.78 is 60.4. The van der Waals surface area contributed by atoms with E-state index in [1.54, 1.807) is 0 Å². The van der Waals surface area contributed by atoms with Crippen molar-refractivity contribution in [1.82, 2.24) is 4.98 Å². The molecule has 15 heavy (non-hydrogen) atoms. The molecule has 0 amide bonds. The lowest BCUT2D eigenvalue weighted by atomic mass is 10.2. The van der Waals surface area contributed by atoms with Gasteiger partial charge in [-0.3, -0.25) is 4.98 Å².